The summed E-state index contributed by atoms with van der Waals surface area (Å²) in [4.78, 5) is 2.48. The molecule has 1 atom stereocenters. The minimum atomic E-state index is 0.388. The first-order chi connectivity index (χ1) is 6.91. The summed E-state index contributed by atoms with van der Waals surface area (Å²) in [5, 5.41) is 3.56. The van der Waals surface area contributed by atoms with Crippen LogP contribution in [0.15, 0.2) is 0 Å². The molecule has 1 N–H and O–H groups in total. The molecule has 0 amide bonds. The molecule has 1 unspecified atom stereocenters. The summed E-state index contributed by atoms with van der Waals surface area (Å²) in [6.45, 7) is 11.7. The summed E-state index contributed by atoms with van der Waals surface area (Å²) < 4.78 is 0. The Hall–Kier alpha value is -0.0800. The van der Waals surface area contributed by atoms with Crippen molar-refractivity contribution in [3.05, 3.63) is 0 Å². The molecule has 0 aromatic carbocycles. The van der Waals surface area contributed by atoms with E-state index >= 15 is 0 Å². The third-order valence-electron chi connectivity index (χ3n) is 3.61. The van der Waals surface area contributed by atoms with Gasteiger partial charge in [-0.05, 0) is 51.7 Å². The van der Waals surface area contributed by atoms with E-state index in [0.29, 0.717) is 11.5 Å². The molecule has 0 aromatic rings. The highest BCUT2D eigenvalue weighted by atomic mass is 15.1. The zero-order chi connectivity index (χ0) is 11.5. The van der Waals surface area contributed by atoms with Gasteiger partial charge in [0.05, 0.1) is 0 Å². The second kappa shape index (κ2) is 5.31. The fourth-order valence-corrected chi connectivity index (χ4v) is 1.78. The minimum Gasteiger partial charge on any atom is -0.314 e. The van der Waals surface area contributed by atoms with Crippen LogP contribution in [0.3, 0.4) is 0 Å². The molecule has 1 aliphatic carbocycles. The normalized spacial score (nSPS) is 19.6. The van der Waals surface area contributed by atoms with Crippen LogP contribution in [0.2, 0.25) is 0 Å². The summed E-state index contributed by atoms with van der Waals surface area (Å²) in [5.41, 5.74) is 0.388. The number of hydrogen-bond donors (Lipinski definition) is 1. The highest BCUT2D eigenvalue weighted by Crippen LogP contribution is 2.23. The van der Waals surface area contributed by atoms with Crippen LogP contribution in [-0.4, -0.2) is 37.1 Å². The van der Waals surface area contributed by atoms with E-state index in [1.807, 2.05) is 0 Å². The van der Waals surface area contributed by atoms with Crippen molar-refractivity contribution in [3.8, 4) is 0 Å². The van der Waals surface area contributed by atoms with Gasteiger partial charge in [-0.3, -0.25) is 0 Å². The van der Waals surface area contributed by atoms with Crippen LogP contribution in [-0.2, 0) is 0 Å². The largest absolute Gasteiger partial charge is 0.314 e. The molecule has 2 heteroatoms. The van der Waals surface area contributed by atoms with Gasteiger partial charge >= 0.3 is 0 Å². The number of nitrogens with one attached hydrogen (secondary N) is 1. The third-order valence-corrected chi connectivity index (χ3v) is 3.61. The van der Waals surface area contributed by atoms with E-state index in [1.165, 1.54) is 32.4 Å². The molecule has 15 heavy (non-hydrogen) atoms. The van der Waals surface area contributed by atoms with E-state index in [9.17, 15) is 0 Å². The van der Waals surface area contributed by atoms with Gasteiger partial charge in [0.15, 0.2) is 0 Å². The van der Waals surface area contributed by atoms with Crippen LogP contribution < -0.4 is 5.32 Å². The van der Waals surface area contributed by atoms with Crippen molar-refractivity contribution in [2.75, 3.05) is 20.1 Å². The zero-order valence-electron chi connectivity index (χ0n) is 11.1. The summed E-state index contributed by atoms with van der Waals surface area (Å²) in [5.74, 6) is 0. The van der Waals surface area contributed by atoms with Crippen LogP contribution in [0.25, 0.3) is 0 Å². The van der Waals surface area contributed by atoms with Crippen molar-refractivity contribution in [1.29, 1.82) is 0 Å². The summed E-state index contributed by atoms with van der Waals surface area (Å²) in [7, 11) is 2.24. The van der Waals surface area contributed by atoms with Gasteiger partial charge in [0.1, 0.15) is 0 Å². The lowest BCUT2D eigenvalue weighted by atomic mass is 9.87. The molecule has 1 fully saturated rings. The molecule has 0 aliphatic heterocycles. The van der Waals surface area contributed by atoms with Gasteiger partial charge in [-0.15, -0.1) is 0 Å². The fourth-order valence-electron chi connectivity index (χ4n) is 1.78. The number of nitrogens with zero attached hydrogens (tertiary/aromatic N) is 1. The van der Waals surface area contributed by atoms with Crippen molar-refractivity contribution in [2.45, 2.75) is 59.0 Å². The van der Waals surface area contributed by atoms with E-state index < -0.39 is 0 Å². The molecule has 0 saturated heterocycles. The average Bonchev–Trinajstić information content (AvgIpc) is 2.93. The first-order valence-electron chi connectivity index (χ1n) is 6.35. The highest BCUT2D eigenvalue weighted by Gasteiger charge is 2.23. The summed E-state index contributed by atoms with van der Waals surface area (Å²) in [6, 6.07) is 1.51. The lowest BCUT2D eigenvalue weighted by Gasteiger charge is -2.35. The smallest absolute Gasteiger partial charge is 0.0112 e. The predicted octanol–water partition coefficient (Wildman–Crippen LogP) is 2.49. The Kier molecular flexibility index (Phi) is 4.60. The molecule has 0 heterocycles. The molecule has 0 radical (unpaired) electrons. The Labute approximate surface area is 95.4 Å². The lowest BCUT2D eigenvalue weighted by Crippen LogP contribution is -2.40. The molecule has 1 rings (SSSR count). The molecule has 1 aliphatic rings. The summed E-state index contributed by atoms with van der Waals surface area (Å²) in [6.07, 6.45) is 4.07. The van der Waals surface area contributed by atoms with Crippen LogP contribution in [0.5, 0.6) is 0 Å². The van der Waals surface area contributed by atoms with E-state index in [4.69, 9.17) is 0 Å². The maximum absolute atomic E-state index is 3.56. The SMILES string of the molecule is CC(N(C)CCCNC1CC1)C(C)(C)C. The summed E-state index contributed by atoms with van der Waals surface area (Å²) >= 11 is 0. The van der Waals surface area contributed by atoms with E-state index in [-0.39, 0.29) is 0 Å². The molecule has 90 valence electrons. The van der Waals surface area contributed by atoms with Gasteiger partial charge in [0.2, 0.25) is 0 Å². The van der Waals surface area contributed by atoms with Gasteiger partial charge in [0.25, 0.3) is 0 Å². The van der Waals surface area contributed by atoms with Crippen LogP contribution in [0.4, 0.5) is 0 Å². The fraction of sp³-hybridized carbons (Fsp3) is 1.00. The number of rotatable bonds is 6. The average molecular weight is 212 g/mol. The van der Waals surface area contributed by atoms with Crippen LogP contribution in [0, 0.1) is 5.41 Å². The van der Waals surface area contributed by atoms with Crippen molar-refractivity contribution in [1.82, 2.24) is 10.2 Å². The molecule has 0 spiro atoms. The second-order valence-corrected chi connectivity index (χ2v) is 6.10. The van der Waals surface area contributed by atoms with Crippen molar-refractivity contribution in [3.63, 3.8) is 0 Å². The van der Waals surface area contributed by atoms with Crippen molar-refractivity contribution < 1.29 is 0 Å². The number of hydrogen-bond acceptors (Lipinski definition) is 2. The molecular weight excluding hydrogens is 184 g/mol. The standard InChI is InChI=1S/C13H28N2/c1-11(13(2,3)4)15(5)10-6-9-14-12-7-8-12/h11-12,14H,6-10H2,1-5H3. The van der Waals surface area contributed by atoms with Crippen molar-refractivity contribution in [2.24, 2.45) is 5.41 Å². The highest BCUT2D eigenvalue weighted by molar-refractivity contribution is 4.81. The van der Waals surface area contributed by atoms with E-state index in [2.05, 4.69) is 45.0 Å². The Balaban J connectivity index is 2.08. The van der Waals surface area contributed by atoms with Crippen LogP contribution in [0.1, 0.15) is 47.0 Å². The van der Waals surface area contributed by atoms with Crippen LogP contribution >= 0.6 is 0 Å². The Morgan fingerprint density at radius 3 is 2.40 bits per heavy atom. The molecule has 2 nitrogen and oxygen atoms in total. The van der Waals surface area contributed by atoms with Gasteiger partial charge in [-0.1, -0.05) is 20.8 Å². The Morgan fingerprint density at radius 1 is 1.33 bits per heavy atom. The van der Waals surface area contributed by atoms with Gasteiger partial charge < -0.3 is 10.2 Å². The van der Waals surface area contributed by atoms with E-state index in [0.717, 1.165) is 6.04 Å². The van der Waals surface area contributed by atoms with Crippen molar-refractivity contribution >= 4 is 0 Å². The zero-order valence-corrected chi connectivity index (χ0v) is 11.1. The maximum atomic E-state index is 3.56. The van der Waals surface area contributed by atoms with Gasteiger partial charge in [-0.25, -0.2) is 0 Å². The maximum Gasteiger partial charge on any atom is 0.0112 e. The minimum absolute atomic E-state index is 0.388. The molecule has 0 aromatic heterocycles. The third kappa shape index (κ3) is 4.98. The predicted molar refractivity (Wildman–Crippen MR) is 67.2 cm³/mol. The van der Waals surface area contributed by atoms with Gasteiger partial charge in [-0.2, -0.15) is 0 Å². The topological polar surface area (TPSA) is 15.3 Å². The molecule has 1 saturated carbocycles. The molecular formula is C13H28N2. The lowest BCUT2D eigenvalue weighted by molar-refractivity contribution is 0.140. The van der Waals surface area contributed by atoms with E-state index in [1.54, 1.807) is 0 Å². The first-order valence-corrected chi connectivity index (χ1v) is 6.35. The Bertz CT molecular complexity index is 179. The second-order valence-electron chi connectivity index (χ2n) is 6.10. The Morgan fingerprint density at radius 2 is 1.93 bits per heavy atom. The molecule has 0 bridgehead atoms. The monoisotopic (exact) mass is 212 g/mol. The van der Waals surface area contributed by atoms with Gasteiger partial charge in [0, 0.05) is 12.1 Å². The first kappa shape index (κ1) is 13.0. The quantitative estimate of drug-likeness (QED) is 0.681.